The molecule has 1 aliphatic rings. The summed E-state index contributed by atoms with van der Waals surface area (Å²) in [4.78, 5) is 0. The maximum Gasteiger partial charge on any atom is 0.0848 e. The third kappa shape index (κ3) is 2.86. The molecular formula is C18H28O. The van der Waals surface area contributed by atoms with Crippen molar-refractivity contribution < 1.29 is 5.11 Å². The molecule has 1 nitrogen and oxygen atoms in total. The molecule has 0 radical (unpaired) electrons. The van der Waals surface area contributed by atoms with Crippen LogP contribution >= 0.6 is 0 Å². The summed E-state index contributed by atoms with van der Waals surface area (Å²) in [5.74, 6) is 0.651. The van der Waals surface area contributed by atoms with Gasteiger partial charge in [-0.05, 0) is 55.7 Å². The quantitative estimate of drug-likeness (QED) is 0.812. The maximum absolute atomic E-state index is 11.0. The lowest BCUT2D eigenvalue weighted by Gasteiger charge is -2.37. The maximum atomic E-state index is 11.0. The smallest absolute Gasteiger partial charge is 0.0848 e. The summed E-state index contributed by atoms with van der Waals surface area (Å²) in [6.07, 6.45) is 5.75. The number of hydrogen-bond donors (Lipinski definition) is 1. The van der Waals surface area contributed by atoms with Gasteiger partial charge in [-0.2, -0.15) is 0 Å². The van der Waals surface area contributed by atoms with Gasteiger partial charge >= 0.3 is 0 Å². The predicted molar refractivity (Wildman–Crippen MR) is 81.2 cm³/mol. The number of hydrogen-bond acceptors (Lipinski definition) is 1. The highest BCUT2D eigenvalue weighted by Gasteiger charge is 2.41. The molecule has 0 aliphatic heterocycles. The molecule has 0 spiro atoms. The van der Waals surface area contributed by atoms with Gasteiger partial charge in [-0.3, -0.25) is 0 Å². The molecule has 1 aromatic carbocycles. The average molecular weight is 260 g/mol. The van der Waals surface area contributed by atoms with Gasteiger partial charge in [0.05, 0.1) is 6.10 Å². The molecule has 0 amide bonds. The van der Waals surface area contributed by atoms with Crippen molar-refractivity contribution in [3.8, 4) is 0 Å². The molecule has 106 valence electrons. The van der Waals surface area contributed by atoms with Crippen LogP contribution in [0.25, 0.3) is 0 Å². The van der Waals surface area contributed by atoms with E-state index in [-0.39, 0.29) is 11.5 Å². The fourth-order valence-electron chi connectivity index (χ4n) is 3.88. The third-order valence-corrected chi connectivity index (χ3v) is 4.94. The Morgan fingerprint density at radius 2 is 1.79 bits per heavy atom. The number of benzene rings is 1. The van der Waals surface area contributed by atoms with E-state index in [1.807, 2.05) is 0 Å². The third-order valence-electron chi connectivity index (χ3n) is 4.94. The van der Waals surface area contributed by atoms with E-state index in [0.717, 1.165) is 12.0 Å². The van der Waals surface area contributed by atoms with Crippen LogP contribution < -0.4 is 0 Å². The van der Waals surface area contributed by atoms with Gasteiger partial charge < -0.3 is 5.11 Å². The Hall–Kier alpha value is -0.820. The minimum atomic E-state index is -0.294. The zero-order chi connectivity index (χ0) is 14.0. The van der Waals surface area contributed by atoms with E-state index >= 15 is 0 Å². The lowest BCUT2D eigenvalue weighted by molar-refractivity contribution is 0.0107. The van der Waals surface area contributed by atoms with Crippen LogP contribution in [0.5, 0.6) is 0 Å². The minimum Gasteiger partial charge on any atom is -0.388 e. The minimum absolute atomic E-state index is 0.118. The zero-order valence-corrected chi connectivity index (χ0v) is 12.9. The molecule has 1 fully saturated rings. The monoisotopic (exact) mass is 260 g/mol. The molecule has 19 heavy (non-hydrogen) atoms. The first-order valence-corrected chi connectivity index (χ1v) is 7.70. The highest BCUT2D eigenvalue weighted by atomic mass is 16.3. The lowest BCUT2D eigenvalue weighted by Crippen LogP contribution is -2.28. The van der Waals surface area contributed by atoms with E-state index < -0.39 is 0 Å². The van der Waals surface area contributed by atoms with Crippen LogP contribution in [-0.4, -0.2) is 5.11 Å². The summed E-state index contributed by atoms with van der Waals surface area (Å²) in [7, 11) is 0. The highest BCUT2D eigenvalue weighted by molar-refractivity contribution is 5.35. The van der Waals surface area contributed by atoms with E-state index in [1.54, 1.807) is 0 Å². The van der Waals surface area contributed by atoms with Gasteiger partial charge in [0.1, 0.15) is 0 Å². The van der Waals surface area contributed by atoms with Crippen LogP contribution in [0.1, 0.15) is 68.7 Å². The molecule has 1 unspecified atom stereocenters. The summed E-state index contributed by atoms with van der Waals surface area (Å²) in [5.41, 5.74) is 3.83. The van der Waals surface area contributed by atoms with Gasteiger partial charge in [-0.1, -0.05) is 44.9 Å². The first kappa shape index (κ1) is 14.6. The van der Waals surface area contributed by atoms with Crippen molar-refractivity contribution in [3.63, 3.8) is 0 Å². The molecule has 1 heteroatoms. The first-order valence-electron chi connectivity index (χ1n) is 7.70. The van der Waals surface area contributed by atoms with Gasteiger partial charge in [0.2, 0.25) is 0 Å². The number of aliphatic hydroxyl groups is 1. The van der Waals surface area contributed by atoms with Gasteiger partial charge in [0, 0.05) is 5.41 Å². The molecular weight excluding hydrogens is 232 g/mol. The molecule has 0 aromatic heterocycles. The normalized spacial score (nSPS) is 19.9. The Kier molecular flexibility index (Phi) is 4.35. The van der Waals surface area contributed by atoms with E-state index in [1.165, 1.54) is 36.8 Å². The molecule has 1 saturated carbocycles. The number of aliphatic hydroxyl groups excluding tert-OH is 1. The SMILES string of the molecule is Cc1cccc(C(O)C2(CC(C)C)CCCC2)c1C. The molecule has 1 aliphatic carbocycles. The molecule has 1 N–H and O–H groups in total. The van der Waals surface area contributed by atoms with Crippen LogP contribution in [0.15, 0.2) is 18.2 Å². The fourth-order valence-corrected chi connectivity index (χ4v) is 3.88. The van der Waals surface area contributed by atoms with E-state index in [2.05, 4.69) is 45.9 Å². The Morgan fingerprint density at radius 1 is 1.16 bits per heavy atom. The topological polar surface area (TPSA) is 20.2 Å². The summed E-state index contributed by atoms with van der Waals surface area (Å²) in [6, 6.07) is 6.33. The zero-order valence-electron chi connectivity index (χ0n) is 12.9. The predicted octanol–water partition coefficient (Wildman–Crippen LogP) is 4.94. The average Bonchev–Trinajstić information content (AvgIpc) is 2.80. The second-order valence-electron chi connectivity index (χ2n) is 6.86. The Bertz CT molecular complexity index is 427. The van der Waals surface area contributed by atoms with E-state index in [9.17, 15) is 5.11 Å². The van der Waals surface area contributed by atoms with Crippen molar-refractivity contribution in [1.29, 1.82) is 0 Å². The summed E-state index contributed by atoms with van der Waals surface area (Å²) in [5, 5.41) is 11.0. The largest absolute Gasteiger partial charge is 0.388 e. The van der Waals surface area contributed by atoms with Crippen LogP contribution in [0, 0.1) is 25.2 Å². The van der Waals surface area contributed by atoms with Crippen LogP contribution in [0.3, 0.4) is 0 Å². The van der Waals surface area contributed by atoms with Crippen molar-refractivity contribution in [1.82, 2.24) is 0 Å². The Balaban J connectivity index is 2.34. The molecule has 0 bridgehead atoms. The summed E-state index contributed by atoms with van der Waals surface area (Å²) >= 11 is 0. The molecule has 1 atom stereocenters. The van der Waals surface area contributed by atoms with Gasteiger partial charge in [-0.25, -0.2) is 0 Å². The first-order chi connectivity index (χ1) is 8.96. The second-order valence-corrected chi connectivity index (χ2v) is 6.86. The summed E-state index contributed by atoms with van der Waals surface area (Å²) < 4.78 is 0. The number of aryl methyl sites for hydroxylation is 1. The van der Waals surface area contributed by atoms with Gasteiger partial charge in [0.25, 0.3) is 0 Å². The van der Waals surface area contributed by atoms with Crippen molar-refractivity contribution in [2.45, 2.75) is 65.9 Å². The van der Waals surface area contributed by atoms with E-state index in [4.69, 9.17) is 0 Å². The lowest BCUT2D eigenvalue weighted by atomic mass is 9.71. The van der Waals surface area contributed by atoms with Crippen molar-refractivity contribution >= 4 is 0 Å². The van der Waals surface area contributed by atoms with Crippen LogP contribution in [0.4, 0.5) is 0 Å². The van der Waals surface area contributed by atoms with Crippen LogP contribution in [0.2, 0.25) is 0 Å². The number of rotatable bonds is 4. The van der Waals surface area contributed by atoms with Crippen molar-refractivity contribution in [2.75, 3.05) is 0 Å². The molecule has 0 heterocycles. The van der Waals surface area contributed by atoms with Gasteiger partial charge in [-0.15, -0.1) is 0 Å². The highest BCUT2D eigenvalue weighted by Crippen LogP contribution is 2.52. The van der Waals surface area contributed by atoms with Crippen LogP contribution in [-0.2, 0) is 0 Å². The summed E-state index contributed by atoms with van der Waals surface area (Å²) in [6.45, 7) is 8.83. The molecule has 1 aromatic rings. The fraction of sp³-hybridized carbons (Fsp3) is 0.667. The molecule has 2 rings (SSSR count). The second kappa shape index (κ2) is 5.66. The van der Waals surface area contributed by atoms with Crippen molar-refractivity contribution in [2.24, 2.45) is 11.3 Å². The van der Waals surface area contributed by atoms with Crippen molar-refractivity contribution in [3.05, 3.63) is 34.9 Å². The van der Waals surface area contributed by atoms with Gasteiger partial charge in [0.15, 0.2) is 0 Å². The standard InChI is InChI=1S/C18H28O/c1-13(2)12-18(10-5-6-11-18)17(19)16-9-7-8-14(3)15(16)4/h7-9,13,17,19H,5-6,10-12H2,1-4H3. The molecule has 0 saturated heterocycles. The Labute approximate surface area is 118 Å². The van der Waals surface area contributed by atoms with E-state index in [0.29, 0.717) is 5.92 Å². The Morgan fingerprint density at radius 3 is 2.37 bits per heavy atom.